The van der Waals surface area contributed by atoms with Gasteiger partial charge in [0.2, 0.25) is 0 Å². The van der Waals surface area contributed by atoms with Crippen LogP contribution in [0.2, 0.25) is 0 Å². The molecule has 7 heteroatoms. The third-order valence-electron chi connectivity index (χ3n) is 3.46. The standard InChI is InChI=1S/C13H17BrFN3OS/c14-11-9(13(16)20)1-2-10(12(11)15)18-5-3-17(4-6-18)7-8-19/h1-2,19H,3-8H2,(H2,16,20). The Kier molecular flexibility index (Phi) is 5.31. The summed E-state index contributed by atoms with van der Waals surface area (Å²) < 4.78 is 14.7. The first-order valence-corrected chi connectivity index (χ1v) is 7.60. The van der Waals surface area contributed by atoms with E-state index in [1.807, 2.05) is 4.90 Å². The highest BCUT2D eigenvalue weighted by Crippen LogP contribution is 2.30. The summed E-state index contributed by atoms with van der Waals surface area (Å²) in [6.07, 6.45) is 0. The van der Waals surface area contributed by atoms with Gasteiger partial charge in [-0.05, 0) is 28.1 Å². The summed E-state index contributed by atoms with van der Waals surface area (Å²) in [7, 11) is 0. The molecule has 1 fully saturated rings. The van der Waals surface area contributed by atoms with Gasteiger partial charge >= 0.3 is 0 Å². The number of nitrogens with zero attached hydrogens (tertiary/aromatic N) is 2. The van der Waals surface area contributed by atoms with Crippen LogP contribution in [0.4, 0.5) is 10.1 Å². The van der Waals surface area contributed by atoms with Gasteiger partial charge in [0, 0.05) is 38.3 Å². The van der Waals surface area contributed by atoms with Gasteiger partial charge in [-0.2, -0.15) is 0 Å². The average Bonchev–Trinajstić information content (AvgIpc) is 2.43. The van der Waals surface area contributed by atoms with Crippen LogP contribution < -0.4 is 10.6 Å². The highest BCUT2D eigenvalue weighted by Gasteiger charge is 2.21. The van der Waals surface area contributed by atoms with Crippen LogP contribution in [0.3, 0.4) is 0 Å². The summed E-state index contributed by atoms with van der Waals surface area (Å²) >= 11 is 8.11. The van der Waals surface area contributed by atoms with Crippen molar-refractivity contribution in [3.8, 4) is 0 Å². The molecule has 0 radical (unpaired) electrons. The molecule has 3 N–H and O–H groups in total. The molecule has 2 rings (SSSR count). The summed E-state index contributed by atoms with van der Waals surface area (Å²) in [4.78, 5) is 4.33. The van der Waals surface area contributed by atoms with Crippen LogP contribution in [0, 0.1) is 5.82 Å². The second-order valence-electron chi connectivity index (χ2n) is 4.68. The number of rotatable bonds is 4. The van der Waals surface area contributed by atoms with Gasteiger partial charge in [-0.1, -0.05) is 12.2 Å². The summed E-state index contributed by atoms with van der Waals surface area (Å²) in [6.45, 7) is 3.91. The molecule has 20 heavy (non-hydrogen) atoms. The van der Waals surface area contributed by atoms with Crippen LogP contribution in [0.1, 0.15) is 5.56 Å². The molecule has 110 valence electrons. The number of hydrogen-bond donors (Lipinski definition) is 2. The van der Waals surface area contributed by atoms with Crippen molar-refractivity contribution in [2.75, 3.05) is 44.2 Å². The fourth-order valence-corrected chi connectivity index (χ4v) is 3.18. The normalized spacial score (nSPS) is 16.4. The zero-order chi connectivity index (χ0) is 14.7. The van der Waals surface area contributed by atoms with Crippen molar-refractivity contribution in [3.63, 3.8) is 0 Å². The maximum atomic E-state index is 14.4. The zero-order valence-electron chi connectivity index (χ0n) is 11.0. The van der Waals surface area contributed by atoms with Crippen molar-refractivity contribution >= 4 is 38.8 Å². The predicted molar refractivity (Wildman–Crippen MR) is 85.7 cm³/mol. The number of hydrogen-bond acceptors (Lipinski definition) is 4. The molecular formula is C13H17BrFN3OS. The van der Waals surface area contributed by atoms with E-state index < -0.39 is 0 Å². The van der Waals surface area contributed by atoms with Crippen molar-refractivity contribution in [2.24, 2.45) is 5.73 Å². The summed E-state index contributed by atoms with van der Waals surface area (Å²) in [5.74, 6) is -0.328. The maximum Gasteiger partial charge on any atom is 0.161 e. The van der Waals surface area contributed by atoms with Crippen molar-refractivity contribution in [2.45, 2.75) is 0 Å². The Hall–Kier alpha value is -0.760. The lowest BCUT2D eigenvalue weighted by Crippen LogP contribution is -2.47. The van der Waals surface area contributed by atoms with E-state index in [0.29, 0.717) is 22.3 Å². The van der Waals surface area contributed by atoms with E-state index in [2.05, 4.69) is 20.8 Å². The Morgan fingerprint density at radius 1 is 1.35 bits per heavy atom. The molecule has 4 nitrogen and oxygen atoms in total. The Morgan fingerprint density at radius 2 is 2.00 bits per heavy atom. The lowest BCUT2D eigenvalue weighted by molar-refractivity contribution is 0.188. The average molecular weight is 362 g/mol. The number of aliphatic hydroxyl groups excluding tert-OH is 1. The van der Waals surface area contributed by atoms with Gasteiger partial charge in [0.25, 0.3) is 0 Å². The number of anilines is 1. The second kappa shape index (κ2) is 6.80. The molecule has 1 aromatic rings. The molecule has 1 aromatic carbocycles. The first-order chi connectivity index (χ1) is 9.54. The SMILES string of the molecule is NC(=S)c1ccc(N2CCN(CCO)CC2)c(F)c1Br. The number of aliphatic hydroxyl groups is 1. The van der Waals surface area contributed by atoms with Gasteiger partial charge in [-0.3, -0.25) is 4.90 Å². The van der Waals surface area contributed by atoms with Crippen LogP contribution in [0.25, 0.3) is 0 Å². The summed E-state index contributed by atoms with van der Waals surface area (Å²) in [6, 6.07) is 3.46. The molecule has 0 bridgehead atoms. The highest BCUT2D eigenvalue weighted by molar-refractivity contribution is 9.10. The van der Waals surface area contributed by atoms with E-state index in [1.165, 1.54) is 0 Å². The molecule has 0 aromatic heterocycles. The molecule has 0 unspecified atom stereocenters. The molecule has 0 amide bonds. The van der Waals surface area contributed by atoms with Crippen molar-refractivity contribution in [3.05, 3.63) is 28.0 Å². The Balaban J connectivity index is 2.15. The van der Waals surface area contributed by atoms with E-state index in [9.17, 15) is 4.39 Å². The molecule has 1 aliphatic rings. The van der Waals surface area contributed by atoms with E-state index in [4.69, 9.17) is 23.1 Å². The van der Waals surface area contributed by atoms with Crippen molar-refractivity contribution < 1.29 is 9.50 Å². The Labute approximate surface area is 131 Å². The first kappa shape index (κ1) is 15.6. The molecule has 1 heterocycles. The predicted octanol–water partition coefficient (Wildman–Crippen LogP) is 1.34. The van der Waals surface area contributed by atoms with Crippen LogP contribution in [0.5, 0.6) is 0 Å². The molecule has 0 atom stereocenters. The number of β-amino-alcohol motifs (C(OH)–C–C–N with tert-alkyl or cyclic N) is 1. The highest BCUT2D eigenvalue weighted by atomic mass is 79.9. The lowest BCUT2D eigenvalue weighted by Gasteiger charge is -2.36. The first-order valence-electron chi connectivity index (χ1n) is 6.40. The van der Waals surface area contributed by atoms with E-state index in [-0.39, 0.29) is 17.4 Å². The van der Waals surface area contributed by atoms with E-state index in [1.54, 1.807) is 12.1 Å². The minimum Gasteiger partial charge on any atom is -0.395 e. The van der Waals surface area contributed by atoms with Crippen LogP contribution >= 0.6 is 28.1 Å². The minimum atomic E-state index is -0.328. The fraction of sp³-hybridized carbons (Fsp3) is 0.462. The van der Waals surface area contributed by atoms with E-state index in [0.717, 1.165) is 26.2 Å². The van der Waals surface area contributed by atoms with Crippen molar-refractivity contribution in [1.82, 2.24) is 4.90 Å². The second-order valence-corrected chi connectivity index (χ2v) is 5.91. The van der Waals surface area contributed by atoms with Gasteiger partial charge in [-0.25, -0.2) is 4.39 Å². The van der Waals surface area contributed by atoms with Crippen LogP contribution in [-0.2, 0) is 0 Å². The number of benzene rings is 1. The van der Waals surface area contributed by atoms with Crippen LogP contribution in [-0.4, -0.2) is 54.3 Å². The largest absolute Gasteiger partial charge is 0.395 e. The zero-order valence-corrected chi connectivity index (χ0v) is 13.4. The lowest BCUT2D eigenvalue weighted by atomic mass is 10.1. The van der Waals surface area contributed by atoms with E-state index >= 15 is 0 Å². The number of thiocarbonyl (C=S) groups is 1. The van der Waals surface area contributed by atoms with Gasteiger partial charge < -0.3 is 15.7 Å². The maximum absolute atomic E-state index is 14.4. The third kappa shape index (κ3) is 3.28. The summed E-state index contributed by atoms with van der Waals surface area (Å²) in [5, 5.41) is 8.92. The molecule has 0 spiro atoms. The number of nitrogens with two attached hydrogens (primary N) is 1. The number of piperazine rings is 1. The Morgan fingerprint density at radius 3 is 2.55 bits per heavy atom. The Bertz CT molecular complexity index is 507. The molecule has 1 aliphatic heterocycles. The molecule has 0 aliphatic carbocycles. The van der Waals surface area contributed by atoms with Crippen molar-refractivity contribution in [1.29, 1.82) is 0 Å². The third-order valence-corrected chi connectivity index (χ3v) is 4.45. The minimum absolute atomic E-state index is 0.155. The molecule has 1 saturated heterocycles. The van der Waals surface area contributed by atoms with Crippen LogP contribution in [0.15, 0.2) is 16.6 Å². The number of halogens is 2. The fourth-order valence-electron chi connectivity index (χ4n) is 2.33. The molecular weight excluding hydrogens is 345 g/mol. The monoisotopic (exact) mass is 361 g/mol. The van der Waals surface area contributed by atoms with Gasteiger partial charge in [0.05, 0.1) is 16.8 Å². The van der Waals surface area contributed by atoms with Gasteiger partial charge in [0.1, 0.15) is 4.99 Å². The molecule has 0 saturated carbocycles. The summed E-state index contributed by atoms with van der Waals surface area (Å²) in [5.41, 5.74) is 6.62. The van der Waals surface area contributed by atoms with Gasteiger partial charge in [0.15, 0.2) is 5.82 Å². The topological polar surface area (TPSA) is 52.7 Å². The van der Waals surface area contributed by atoms with Gasteiger partial charge in [-0.15, -0.1) is 0 Å². The smallest absolute Gasteiger partial charge is 0.161 e. The quantitative estimate of drug-likeness (QED) is 0.792.